The van der Waals surface area contributed by atoms with Crippen molar-refractivity contribution in [1.29, 1.82) is 0 Å². The van der Waals surface area contributed by atoms with Crippen LogP contribution in [0.15, 0.2) is 12.1 Å². The molecule has 3 nitrogen and oxygen atoms in total. The normalized spacial score (nSPS) is 12.3. The molecular weight excluding hydrogens is 233 g/mol. The van der Waals surface area contributed by atoms with Crippen molar-refractivity contribution in [2.24, 2.45) is 5.73 Å². The largest absolute Gasteiger partial charge is 0.493 e. The Labute approximate surface area is 99.3 Å². The van der Waals surface area contributed by atoms with Crippen LogP contribution in [0.2, 0.25) is 5.02 Å². The highest BCUT2D eigenvalue weighted by Crippen LogP contribution is 2.39. The zero-order chi connectivity index (χ0) is 12.1. The Morgan fingerprint density at radius 3 is 2.56 bits per heavy atom. The van der Waals surface area contributed by atoms with Gasteiger partial charge in [0, 0.05) is 6.04 Å². The van der Waals surface area contributed by atoms with Gasteiger partial charge in [-0.15, -0.1) is 0 Å². The summed E-state index contributed by atoms with van der Waals surface area (Å²) in [7, 11) is 3.02. The molecule has 0 aliphatic heterocycles. The van der Waals surface area contributed by atoms with E-state index in [0.29, 0.717) is 22.1 Å². The minimum Gasteiger partial charge on any atom is -0.493 e. The molecule has 0 aliphatic carbocycles. The van der Waals surface area contributed by atoms with Gasteiger partial charge in [0.1, 0.15) is 0 Å². The van der Waals surface area contributed by atoms with Crippen LogP contribution in [0, 0.1) is 0 Å². The Kier molecular flexibility index (Phi) is 4.83. The van der Waals surface area contributed by atoms with Gasteiger partial charge in [-0.2, -0.15) is 0 Å². The molecule has 0 aliphatic rings. The van der Waals surface area contributed by atoms with E-state index < -0.39 is 12.7 Å². The van der Waals surface area contributed by atoms with Crippen LogP contribution in [-0.4, -0.2) is 20.9 Å². The van der Waals surface area contributed by atoms with Crippen LogP contribution in [0.5, 0.6) is 11.5 Å². The monoisotopic (exact) mass is 247 g/mol. The summed E-state index contributed by atoms with van der Waals surface area (Å²) in [5, 5.41) is 0.378. The standard InChI is InChI=1S/C11H15ClFNO2/c1-15-9-4-3-7(8(14)5-6-13)10(12)11(9)16-2/h3-4,8H,5-6,14H2,1-2H3/t8-/m0/s1. The topological polar surface area (TPSA) is 44.5 Å². The van der Waals surface area contributed by atoms with E-state index in [9.17, 15) is 4.39 Å². The van der Waals surface area contributed by atoms with Gasteiger partial charge >= 0.3 is 0 Å². The van der Waals surface area contributed by atoms with Crippen molar-refractivity contribution in [2.75, 3.05) is 20.9 Å². The van der Waals surface area contributed by atoms with Gasteiger partial charge in [-0.3, -0.25) is 4.39 Å². The number of benzene rings is 1. The molecule has 0 fully saturated rings. The maximum Gasteiger partial charge on any atom is 0.179 e. The minimum absolute atomic E-state index is 0.231. The molecule has 0 spiro atoms. The lowest BCUT2D eigenvalue weighted by Crippen LogP contribution is -2.12. The first kappa shape index (κ1) is 13.1. The Balaban J connectivity index is 3.13. The van der Waals surface area contributed by atoms with Crippen LogP contribution in [0.4, 0.5) is 4.39 Å². The maximum atomic E-state index is 12.2. The second kappa shape index (κ2) is 5.92. The van der Waals surface area contributed by atoms with Gasteiger partial charge in [-0.25, -0.2) is 0 Å². The molecule has 1 aromatic rings. The molecule has 0 aromatic heterocycles. The van der Waals surface area contributed by atoms with Crippen LogP contribution in [0.1, 0.15) is 18.0 Å². The van der Waals surface area contributed by atoms with E-state index >= 15 is 0 Å². The number of hydrogen-bond donors (Lipinski definition) is 1. The predicted octanol–water partition coefficient (Wildman–Crippen LogP) is 2.72. The van der Waals surface area contributed by atoms with Crippen LogP contribution in [0.25, 0.3) is 0 Å². The van der Waals surface area contributed by atoms with Crippen molar-refractivity contribution in [1.82, 2.24) is 0 Å². The van der Waals surface area contributed by atoms with Crippen molar-refractivity contribution in [2.45, 2.75) is 12.5 Å². The average Bonchev–Trinajstić information content (AvgIpc) is 2.28. The number of nitrogens with two attached hydrogens (primary N) is 1. The summed E-state index contributed by atoms with van der Waals surface area (Å²) in [6.07, 6.45) is 0.231. The molecule has 1 rings (SSSR count). The third-order valence-corrected chi connectivity index (χ3v) is 2.72. The van der Waals surface area contributed by atoms with Gasteiger partial charge in [-0.05, 0) is 18.1 Å². The lowest BCUT2D eigenvalue weighted by molar-refractivity contribution is 0.354. The fourth-order valence-electron chi connectivity index (χ4n) is 1.46. The first-order chi connectivity index (χ1) is 7.65. The Morgan fingerprint density at radius 1 is 1.38 bits per heavy atom. The lowest BCUT2D eigenvalue weighted by atomic mass is 10.0. The van der Waals surface area contributed by atoms with Crippen molar-refractivity contribution in [3.05, 3.63) is 22.7 Å². The molecular formula is C11H15ClFNO2. The Bertz CT molecular complexity index is 360. The van der Waals surface area contributed by atoms with E-state index in [2.05, 4.69) is 0 Å². The van der Waals surface area contributed by atoms with Crippen molar-refractivity contribution >= 4 is 11.6 Å². The van der Waals surface area contributed by atoms with E-state index in [0.717, 1.165) is 0 Å². The molecule has 1 aromatic carbocycles. The molecule has 1 atom stereocenters. The molecule has 0 heterocycles. The zero-order valence-corrected chi connectivity index (χ0v) is 10.1. The van der Waals surface area contributed by atoms with Crippen molar-refractivity contribution in [3.63, 3.8) is 0 Å². The van der Waals surface area contributed by atoms with Gasteiger partial charge in [0.15, 0.2) is 11.5 Å². The maximum absolute atomic E-state index is 12.2. The molecule has 90 valence electrons. The molecule has 2 N–H and O–H groups in total. The summed E-state index contributed by atoms with van der Waals surface area (Å²) in [6.45, 7) is -0.480. The third kappa shape index (κ3) is 2.57. The molecule has 0 bridgehead atoms. The average molecular weight is 248 g/mol. The molecule has 0 unspecified atom stereocenters. The van der Waals surface area contributed by atoms with Gasteiger partial charge in [0.05, 0.1) is 25.9 Å². The quantitative estimate of drug-likeness (QED) is 0.870. The van der Waals surface area contributed by atoms with E-state index in [1.165, 1.54) is 14.2 Å². The molecule has 0 saturated carbocycles. The Morgan fingerprint density at radius 2 is 2.06 bits per heavy atom. The number of alkyl halides is 1. The van der Waals surface area contributed by atoms with Gasteiger partial charge in [0.2, 0.25) is 0 Å². The van der Waals surface area contributed by atoms with Gasteiger partial charge in [0.25, 0.3) is 0 Å². The van der Waals surface area contributed by atoms with E-state index in [-0.39, 0.29) is 6.42 Å². The fourth-order valence-corrected chi connectivity index (χ4v) is 1.84. The van der Waals surface area contributed by atoms with Crippen molar-refractivity contribution < 1.29 is 13.9 Å². The molecule has 16 heavy (non-hydrogen) atoms. The lowest BCUT2D eigenvalue weighted by Gasteiger charge is -2.16. The number of hydrogen-bond acceptors (Lipinski definition) is 3. The summed E-state index contributed by atoms with van der Waals surface area (Å²) in [4.78, 5) is 0. The Hall–Kier alpha value is -1.00. The second-order valence-corrected chi connectivity index (χ2v) is 3.67. The fraction of sp³-hybridized carbons (Fsp3) is 0.455. The van der Waals surface area contributed by atoms with Crippen molar-refractivity contribution in [3.8, 4) is 11.5 Å². The third-order valence-electron chi connectivity index (χ3n) is 2.33. The highest BCUT2D eigenvalue weighted by molar-refractivity contribution is 6.33. The first-order valence-corrected chi connectivity index (χ1v) is 5.25. The molecule has 5 heteroatoms. The van der Waals surface area contributed by atoms with Crippen LogP contribution in [-0.2, 0) is 0 Å². The van der Waals surface area contributed by atoms with E-state index in [1.807, 2.05) is 0 Å². The SMILES string of the molecule is COc1ccc([C@@H](N)CCF)c(Cl)c1OC. The zero-order valence-electron chi connectivity index (χ0n) is 9.30. The summed E-state index contributed by atoms with van der Waals surface area (Å²) in [5.74, 6) is 0.958. The predicted molar refractivity (Wildman–Crippen MR) is 62.1 cm³/mol. The summed E-state index contributed by atoms with van der Waals surface area (Å²) in [5.41, 5.74) is 6.46. The van der Waals surface area contributed by atoms with Crippen LogP contribution in [0.3, 0.4) is 0 Å². The highest BCUT2D eigenvalue weighted by Gasteiger charge is 2.17. The van der Waals surface area contributed by atoms with Crippen LogP contribution >= 0.6 is 11.6 Å². The summed E-state index contributed by atoms with van der Waals surface area (Å²) < 4.78 is 22.4. The second-order valence-electron chi connectivity index (χ2n) is 3.29. The first-order valence-electron chi connectivity index (χ1n) is 4.87. The summed E-state index contributed by atoms with van der Waals surface area (Å²) >= 11 is 6.12. The number of halogens is 2. The van der Waals surface area contributed by atoms with E-state index in [1.54, 1.807) is 12.1 Å². The number of methoxy groups -OCH3 is 2. The van der Waals surface area contributed by atoms with Gasteiger partial charge in [-0.1, -0.05) is 17.7 Å². The molecule has 0 amide bonds. The van der Waals surface area contributed by atoms with Gasteiger partial charge < -0.3 is 15.2 Å². The molecule has 0 saturated heterocycles. The number of ether oxygens (including phenoxy) is 2. The molecule has 0 radical (unpaired) electrons. The summed E-state index contributed by atoms with van der Waals surface area (Å²) in [6, 6.07) is 3.00. The highest BCUT2D eigenvalue weighted by atomic mass is 35.5. The minimum atomic E-state index is -0.480. The van der Waals surface area contributed by atoms with E-state index in [4.69, 9.17) is 26.8 Å². The number of rotatable bonds is 5. The smallest absolute Gasteiger partial charge is 0.179 e. The van der Waals surface area contributed by atoms with Crippen LogP contribution < -0.4 is 15.2 Å².